The second-order valence-corrected chi connectivity index (χ2v) is 8.26. The number of hydrogen-bond acceptors (Lipinski definition) is 5. The molecule has 7 heteroatoms. The topological polar surface area (TPSA) is 85.8 Å². The standard InChI is InChI=1S/C24H27N5O2/c1-16(2)8-9-17(3)27-24(30)20-12-22(18-6-4-10-25-13-18)28-23-21(20)14-26-29(23)15-19-7-5-11-31-19/h4-7,10-14,16-17H,8-9,15H2,1-3H3,(H,27,30). The quantitative estimate of drug-likeness (QED) is 0.449. The molecule has 4 aromatic rings. The van der Waals surface area contributed by atoms with Crippen LogP contribution in [0.3, 0.4) is 0 Å². The summed E-state index contributed by atoms with van der Waals surface area (Å²) < 4.78 is 7.23. The van der Waals surface area contributed by atoms with Gasteiger partial charge in [-0.05, 0) is 56.0 Å². The molecule has 31 heavy (non-hydrogen) atoms. The Kier molecular flexibility index (Phi) is 6.11. The van der Waals surface area contributed by atoms with Gasteiger partial charge < -0.3 is 9.73 Å². The molecule has 1 unspecified atom stereocenters. The highest BCUT2D eigenvalue weighted by Crippen LogP contribution is 2.25. The van der Waals surface area contributed by atoms with Gasteiger partial charge in [-0.15, -0.1) is 0 Å². The molecule has 0 aliphatic rings. The van der Waals surface area contributed by atoms with E-state index in [2.05, 4.69) is 29.2 Å². The predicted octanol–water partition coefficient (Wildman–Crippen LogP) is 4.69. The third-order valence-electron chi connectivity index (χ3n) is 5.25. The summed E-state index contributed by atoms with van der Waals surface area (Å²) in [5.74, 6) is 1.25. The second kappa shape index (κ2) is 9.12. The average Bonchev–Trinajstić information content (AvgIpc) is 3.43. The Bertz CT molecular complexity index is 1150. The molecule has 4 aromatic heterocycles. The fraction of sp³-hybridized carbons (Fsp3) is 0.333. The molecule has 0 saturated heterocycles. The van der Waals surface area contributed by atoms with Gasteiger partial charge in [0.05, 0.1) is 29.1 Å². The van der Waals surface area contributed by atoms with Gasteiger partial charge in [0.15, 0.2) is 5.65 Å². The van der Waals surface area contributed by atoms with Gasteiger partial charge in [-0.2, -0.15) is 5.10 Å². The zero-order valence-corrected chi connectivity index (χ0v) is 18.1. The van der Waals surface area contributed by atoms with Gasteiger partial charge in [0.1, 0.15) is 12.3 Å². The first-order valence-corrected chi connectivity index (χ1v) is 10.6. The molecule has 1 atom stereocenters. The molecule has 1 amide bonds. The number of rotatable bonds is 8. The van der Waals surface area contributed by atoms with Crippen LogP contribution in [-0.2, 0) is 6.54 Å². The van der Waals surface area contributed by atoms with Crippen molar-refractivity contribution >= 4 is 16.9 Å². The summed E-state index contributed by atoms with van der Waals surface area (Å²) in [4.78, 5) is 22.2. The molecule has 0 saturated carbocycles. The number of carbonyl (C=O) groups is 1. The minimum absolute atomic E-state index is 0.0816. The lowest BCUT2D eigenvalue weighted by Gasteiger charge is -2.16. The summed E-state index contributed by atoms with van der Waals surface area (Å²) in [6, 6.07) is 9.42. The van der Waals surface area contributed by atoms with E-state index in [9.17, 15) is 4.79 Å². The van der Waals surface area contributed by atoms with E-state index in [1.165, 1.54) is 0 Å². The third kappa shape index (κ3) is 4.82. The first kappa shape index (κ1) is 20.8. The van der Waals surface area contributed by atoms with Crippen LogP contribution in [0.15, 0.2) is 59.6 Å². The maximum atomic E-state index is 13.2. The van der Waals surface area contributed by atoms with Crippen LogP contribution in [0.1, 0.15) is 49.7 Å². The van der Waals surface area contributed by atoms with Crippen molar-refractivity contribution in [1.82, 2.24) is 25.1 Å². The van der Waals surface area contributed by atoms with Gasteiger partial charge in [0.2, 0.25) is 0 Å². The Morgan fingerprint density at radius 1 is 1.16 bits per heavy atom. The zero-order valence-electron chi connectivity index (χ0n) is 18.1. The lowest BCUT2D eigenvalue weighted by Crippen LogP contribution is -2.33. The summed E-state index contributed by atoms with van der Waals surface area (Å²) in [5, 5.41) is 8.34. The summed E-state index contributed by atoms with van der Waals surface area (Å²) in [6.45, 7) is 6.86. The Morgan fingerprint density at radius 3 is 2.74 bits per heavy atom. The number of nitrogens with zero attached hydrogens (tertiary/aromatic N) is 4. The van der Waals surface area contributed by atoms with Gasteiger partial charge in [0, 0.05) is 24.0 Å². The molecule has 0 spiro atoms. The molecule has 0 aliphatic carbocycles. The van der Waals surface area contributed by atoms with E-state index in [1.807, 2.05) is 37.3 Å². The number of furan rings is 1. The van der Waals surface area contributed by atoms with Crippen molar-refractivity contribution in [3.63, 3.8) is 0 Å². The normalized spacial score (nSPS) is 12.4. The predicted molar refractivity (Wildman–Crippen MR) is 120 cm³/mol. The van der Waals surface area contributed by atoms with Crippen molar-refractivity contribution in [2.24, 2.45) is 5.92 Å². The number of aromatic nitrogens is 4. The molecular weight excluding hydrogens is 390 g/mol. The van der Waals surface area contributed by atoms with E-state index in [0.29, 0.717) is 34.8 Å². The highest BCUT2D eigenvalue weighted by molar-refractivity contribution is 6.06. The van der Waals surface area contributed by atoms with E-state index < -0.39 is 0 Å². The first-order valence-electron chi connectivity index (χ1n) is 10.6. The summed E-state index contributed by atoms with van der Waals surface area (Å²) in [7, 11) is 0. The molecule has 7 nitrogen and oxygen atoms in total. The summed E-state index contributed by atoms with van der Waals surface area (Å²) in [6.07, 6.45) is 8.79. The lowest BCUT2D eigenvalue weighted by atomic mass is 10.0. The van der Waals surface area contributed by atoms with Gasteiger partial charge >= 0.3 is 0 Å². The minimum Gasteiger partial charge on any atom is -0.467 e. The van der Waals surface area contributed by atoms with Crippen molar-refractivity contribution in [3.05, 3.63) is 66.5 Å². The van der Waals surface area contributed by atoms with Gasteiger partial charge in [0.25, 0.3) is 5.91 Å². The number of amides is 1. The molecule has 0 fully saturated rings. The monoisotopic (exact) mass is 417 g/mol. The Labute approximate surface area is 181 Å². The Balaban J connectivity index is 1.72. The van der Waals surface area contributed by atoms with Crippen LogP contribution < -0.4 is 5.32 Å². The number of carbonyl (C=O) groups excluding carboxylic acids is 1. The highest BCUT2D eigenvalue weighted by Gasteiger charge is 2.19. The number of pyridine rings is 2. The fourth-order valence-electron chi connectivity index (χ4n) is 3.52. The van der Waals surface area contributed by atoms with E-state index in [1.54, 1.807) is 29.5 Å². The summed E-state index contributed by atoms with van der Waals surface area (Å²) in [5.41, 5.74) is 2.72. The largest absolute Gasteiger partial charge is 0.467 e. The molecule has 0 bridgehead atoms. The number of fused-ring (bicyclic) bond motifs is 1. The molecular formula is C24H27N5O2. The molecule has 1 N–H and O–H groups in total. The maximum Gasteiger partial charge on any atom is 0.252 e. The van der Waals surface area contributed by atoms with E-state index >= 15 is 0 Å². The Hall–Kier alpha value is -3.48. The minimum atomic E-state index is -0.119. The van der Waals surface area contributed by atoms with Crippen LogP contribution >= 0.6 is 0 Å². The highest BCUT2D eigenvalue weighted by atomic mass is 16.3. The zero-order chi connectivity index (χ0) is 21.8. The first-order chi connectivity index (χ1) is 15.0. The van der Waals surface area contributed by atoms with Crippen LogP contribution in [0.25, 0.3) is 22.3 Å². The second-order valence-electron chi connectivity index (χ2n) is 8.26. The SMILES string of the molecule is CC(C)CCC(C)NC(=O)c1cc(-c2cccnc2)nc2c1cnn2Cc1ccco1. The van der Waals surface area contributed by atoms with Crippen molar-refractivity contribution < 1.29 is 9.21 Å². The number of hydrogen-bond donors (Lipinski definition) is 1. The van der Waals surface area contributed by atoms with Gasteiger partial charge in [-0.25, -0.2) is 9.67 Å². The van der Waals surface area contributed by atoms with E-state index in [4.69, 9.17) is 9.40 Å². The van der Waals surface area contributed by atoms with Gasteiger partial charge in [-0.1, -0.05) is 13.8 Å². The molecule has 0 aromatic carbocycles. The molecule has 0 radical (unpaired) electrons. The average molecular weight is 418 g/mol. The summed E-state index contributed by atoms with van der Waals surface area (Å²) >= 11 is 0. The van der Waals surface area contributed by atoms with Gasteiger partial charge in [-0.3, -0.25) is 9.78 Å². The van der Waals surface area contributed by atoms with Crippen LogP contribution in [0.4, 0.5) is 0 Å². The smallest absolute Gasteiger partial charge is 0.252 e. The van der Waals surface area contributed by atoms with Crippen LogP contribution in [0.2, 0.25) is 0 Å². The molecule has 0 aliphatic heterocycles. The fourth-order valence-corrected chi connectivity index (χ4v) is 3.52. The van der Waals surface area contributed by atoms with Crippen molar-refractivity contribution in [2.45, 2.75) is 46.2 Å². The van der Waals surface area contributed by atoms with Crippen molar-refractivity contribution in [1.29, 1.82) is 0 Å². The Morgan fingerprint density at radius 2 is 2.03 bits per heavy atom. The van der Waals surface area contributed by atoms with Crippen molar-refractivity contribution in [2.75, 3.05) is 0 Å². The van der Waals surface area contributed by atoms with E-state index in [0.717, 1.165) is 24.2 Å². The third-order valence-corrected chi connectivity index (χ3v) is 5.25. The lowest BCUT2D eigenvalue weighted by molar-refractivity contribution is 0.0939. The molecule has 4 heterocycles. The molecule has 4 rings (SSSR count). The van der Waals surface area contributed by atoms with Crippen molar-refractivity contribution in [3.8, 4) is 11.3 Å². The number of nitrogens with one attached hydrogen (secondary N) is 1. The van der Waals surface area contributed by atoms with Crippen LogP contribution in [0.5, 0.6) is 0 Å². The maximum absolute atomic E-state index is 13.2. The molecule has 160 valence electrons. The van der Waals surface area contributed by atoms with Crippen LogP contribution in [-0.4, -0.2) is 31.7 Å². The van der Waals surface area contributed by atoms with Crippen LogP contribution in [0, 0.1) is 5.92 Å². The van der Waals surface area contributed by atoms with E-state index in [-0.39, 0.29) is 11.9 Å².